The van der Waals surface area contributed by atoms with E-state index in [2.05, 4.69) is 0 Å². The van der Waals surface area contributed by atoms with Gasteiger partial charge in [0.05, 0.1) is 6.61 Å². The Hall–Kier alpha value is -1.38. The van der Waals surface area contributed by atoms with Crippen molar-refractivity contribution in [1.29, 1.82) is 0 Å². The van der Waals surface area contributed by atoms with Gasteiger partial charge in [0.1, 0.15) is 5.57 Å². The molecule has 0 atom stereocenters. The van der Waals surface area contributed by atoms with Crippen LogP contribution in [0.2, 0.25) is 0 Å². The molecule has 22 heavy (non-hydrogen) atoms. The van der Waals surface area contributed by atoms with Gasteiger partial charge < -0.3 is 4.74 Å². The predicted octanol–water partition coefficient (Wildman–Crippen LogP) is 2.56. The molecule has 110 valence electrons. The van der Waals surface area contributed by atoms with Crippen molar-refractivity contribution < 1.29 is 14.3 Å². The molecule has 3 nitrogen and oxygen atoms in total. The molecule has 0 aliphatic heterocycles. The third kappa shape index (κ3) is 2.78. The van der Waals surface area contributed by atoms with Gasteiger partial charge in [0.15, 0.2) is 5.78 Å². The lowest BCUT2D eigenvalue weighted by atomic mass is 10.0. The summed E-state index contributed by atoms with van der Waals surface area (Å²) in [5, 5.41) is 0. The third-order valence-corrected chi connectivity index (χ3v) is 3.67. The summed E-state index contributed by atoms with van der Waals surface area (Å²) in [5.41, 5.74) is 2.81. The van der Waals surface area contributed by atoms with E-state index in [9.17, 15) is 9.59 Å². The molecule has 2 fully saturated rings. The second-order valence-corrected chi connectivity index (χ2v) is 5.12. The Bertz CT molecular complexity index is 513. The Labute approximate surface area is 132 Å². The zero-order chi connectivity index (χ0) is 15.7. The average Bonchev–Trinajstić information content (AvgIpc) is 2.95. The van der Waals surface area contributed by atoms with Gasteiger partial charge in [-0.1, -0.05) is 0 Å². The number of hydrogen-bond donors (Lipinski definition) is 0. The fraction of sp³-hybridized carbons (Fsp3) is 0.158. The van der Waals surface area contributed by atoms with Crippen molar-refractivity contribution in [2.75, 3.05) is 6.61 Å². The van der Waals surface area contributed by atoms with Crippen LogP contribution in [-0.4, -0.2) is 18.4 Å². The van der Waals surface area contributed by atoms with Gasteiger partial charge in [-0.3, -0.25) is 4.79 Å². The molecule has 3 aliphatic carbocycles. The van der Waals surface area contributed by atoms with Crippen molar-refractivity contribution in [3.8, 4) is 0 Å². The monoisotopic (exact) mass is 292 g/mol. The number of hydrogen-bond acceptors (Lipinski definition) is 3. The Morgan fingerprint density at radius 1 is 0.909 bits per heavy atom. The molecule has 3 heteroatoms. The van der Waals surface area contributed by atoms with Gasteiger partial charge >= 0.3 is 5.97 Å². The van der Waals surface area contributed by atoms with E-state index in [-0.39, 0.29) is 18.0 Å². The zero-order valence-electron chi connectivity index (χ0n) is 12.6. The first-order chi connectivity index (χ1) is 10.6. The molecule has 3 aliphatic rings. The summed E-state index contributed by atoms with van der Waals surface area (Å²) in [4.78, 5) is 24.2. The number of Topliss-reactive ketones (excluding diaryl/α,β-unsaturated/α-hetero) is 1. The summed E-state index contributed by atoms with van der Waals surface area (Å²) in [6.45, 7) is 3.39. The highest BCUT2D eigenvalue weighted by atomic mass is 16.5. The summed E-state index contributed by atoms with van der Waals surface area (Å²) >= 11 is 0. The number of carbonyl (C=O) groups excluding carboxylic acids is 2. The van der Waals surface area contributed by atoms with Crippen LogP contribution in [0.4, 0.5) is 0 Å². The molecular weight excluding hydrogens is 276 g/mol. The minimum atomic E-state index is -0.546. The first-order valence-electron chi connectivity index (χ1n) is 7.26. The summed E-state index contributed by atoms with van der Waals surface area (Å²) in [6.07, 6.45) is 15.7. The fourth-order valence-electron chi connectivity index (χ4n) is 2.72. The highest BCUT2D eigenvalue weighted by molar-refractivity contribution is 6.20. The summed E-state index contributed by atoms with van der Waals surface area (Å²) in [7, 11) is 0. The first-order valence-corrected chi connectivity index (χ1v) is 7.26. The summed E-state index contributed by atoms with van der Waals surface area (Å²) in [6, 6.07) is 0. The van der Waals surface area contributed by atoms with Crippen LogP contribution in [-0.2, 0) is 14.3 Å². The fourth-order valence-corrected chi connectivity index (χ4v) is 2.72. The van der Waals surface area contributed by atoms with Gasteiger partial charge in [-0.2, -0.15) is 0 Å². The molecule has 10 radical (unpaired) electrons. The smallest absolute Gasteiger partial charge is 0.342 e. The maximum Gasteiger partial charge on any atom is 0.342 e. The average molecular weight is 292 g/mol. The van der Waals surface area contributed by atoms with Gasteiger partial charge in [0.2, 0.25) is 0 Å². The van der Waals surface area contributed by atoms with Gasteiger partial charge in [-0.15, -0.1) is 0 Å². The van der Waals surface area contributed by atoms with E-state index in [4.69, 9.17) is 4.74 Å². The van der Waals surface area contributed by atoms with E-state index < -0.39 is 5.97 Å². The Morgan fingerprint density at radius 3 is 1.73 bits per heavy atom. The van der Waals surface area contributed by atoms with Crippen LogP contribution in [0.25, 0.3) is 0 Å². The number of ether oxygens (including phenoxy) is 1. The van der Waals surface area contributed by atoms with Crippen LogP contribution in [0.15, 0.2) is 22.3 Å². The van der Waals surface area contributed by atoms with Crippen molar-refractivity contribution in [1.82, 2.24) is 0 Å². The van der Waals surface area contributed by atoms with E-state index in [0.717, 1.165) is 28.6 Å². The third-order valence-electron chi connectivity index (χ3n) is 3.67. The Morgan fingerprint density at radius 2 is 1.36 bits per heavy atom. The molecular formula is C19H16O3. The van der Waals surface area contributed by atoms with Crippen LogP contribution in [0.5, 0.6) is 0 Å². The van der Waals surface area contributed by atoms with Crippen LogP contribution in [0, 0.1) is 63.2 Å². The van der Waals surface area contributed by atoms with E-state index in [1.165, 1.54) is 6.92 Å². The lowest BCUT2D eigenvalue weighted by molar-refractivity contribution is -0.139. The van der Waals surface area contributed by atoms with E-state index >= 15 is 0 Å². The minimum Gasteiger partial charge on any atom is -0.462 e. The van der Waals surface area contributed by atoms with E-state index in [0.29, 0.717) is 0 Å². The molecule has 0 amide bonds. The maximum absolute atomic E-state index is 12.2. The molecule has 0 aromatic carbocycles. The molecule has 0 aromatic rings. The molecule has 0 bridgehead atoms. The van der Waals surface area contributed by atoms with Crippen LogP contribution in [0.1, 0.15) is 13.8 Å². The van der Waals surface area contributed by atoms with Crippen LogP contribution >= 0.6 is 0 Å². The summed E-state index contributed by atoms with van der Waals surface area (Å²) in [5.74, 6) is 1.23. The number of ketones is 1. The lowest BCUT2D eigenvalue weighted by Crippen LogP contribution is -2.15. The first kappa shape index (κ1) is 15.5. The Balaban J connectivity index is 1.95. The molecule has 0 saturated heterocycles. The molecule has 0 aromatic heterocycles. The molecule has 3 rings (SSSR count). The highest BCUT2D eigenvalue weighted by Gasteiger charge is 2.46. The van der Waals surface area contributed by atoms with Crippen molar-refractivity contribution in [2.24, 2.45) is 0 Å². The standard InChI is InChI=1S/C19H16O3/c1-3-22-19(21)15(12(2)20)18-16(13-8-4-5-9-13)17(18)14-10-6-7-11-14/h4-11H,3H2,1-2H3. The lowest BCUT2D eigenvalue weighted by Gasteiger charge is -2.06. The molecule has 0 spiro atoms. The van der Waals surface area contributed by atoms with Gasteiger partial charge in [-0.25, -0.2) is 4.79 Å². The van der Waals surface area contributed by atoms with Crippen molar-refractivity contribution >= 4 is 11.8 Å². The van der Waals surface area contributed by atoms with Crippen molar-refractivity contribution in [3.05, 3.63) is 85.5 Å². The van der Waals surface area contributed by atoms with Gasteiger partial charge in [0, 0.05) is 17.4 Å². The van der Waals surface area contributed by atoms with Crippen LogP contribution < -0.4 is 0 Å². The second-order valence-electron chi connectivity index (χ2n) is 5.12. The normalized spacial score (nSPS) is 22.4. The molecule has 0 heterocycles. The predicted molar refractivity (Wildman–Crippen MR) is 82.3 cm³/mol. The molecule has 2 saturated carbocycles. The second kappa shape index (κ2) is 6.39. The minimum absolute atomic E-state index is 0.147. The topological polar surface area (TPSA) is 43.4 Å². The van der Waals surface area contributed by atoms with Gasteiger partial charge in [0.25, 0.3) is 0 Å². The SMILES string of the molecule is CCOC(=O)C(C(C)=O)=C1C([C]2[CH][CH][CH][CH]2)=C1[C]1[CH][CH][CH][CH]1. The molecule has 0 N–H and O–H groups in total. The van der Waals surface area contributed by atoms with E-state index in [1.807, 2.05) is 51.4 Å². The molecule has 0 unspecified atom stereocenters. The number of carbonyl (C=O) groups is 2. The Kier molecular flexibility index (Phi) is 4.51. The van der Waals surface area contributed by atoms with Gasteiger partial charge in [-0.05, 0) is 76.4 Å². The maximum atomic E-state index is 12.2. The highest BCUT2D eigenvalue weighted by Crippen LogP contribution is 2.57. The van der Waals surface area contributed by atoms with E-state index in [1.54, 1.807) is 6.92 Å². The van der Waals surface area contributed by atoms with Crippen LogP contribution in [0.3, 0.4) is 0 Å². The number of esters is 1. The zero-order valence-corrected chi connectivity index (χ0v) is 12.6. The summed E-state index contributed by atoms with van der Waals surface area (Å²) < 4.78 is 5.05. The number of allylic oxidation sites excluding steroid dienone is 3. The largest absolute Gasteiger partial charge is 0.462 e. The van der Waals surface area contributed by atoms with Crippen molar-refractivity contribution in [3.63, 3.8) is 0 Å². The number of rotatable bonds is 5. The quantitative estimate of drug-likeness (QED) is 0.338. The van der Waals surface area contributed by atoms with Crippen molar-refractivity contribution in [2.45, 2.75) is 13.8 Å².